The lowest BCUT2D eigenvalue weighted by molar-refractivity contribution is -0.368. The van der Waals surface area contributed by atoms with Crippen LogP contribution in [0.5, 0.6) is 0 Å². The minimum absolute atomic E-state index is 0. The highest BCUT2D eigenvalue weighted by Crippen LogP contribution is 2.06. The maximum Gasteiger partial charge on any atom is 0.0739 e. The molecule has 0 fully saturated rings. The Balaban J connectivity index is 0. The first kappa shape index (κ1) is 14.5. The van der Waals surface area contributed by atoms with E-state index in [4.69, 9.17) is 0 Å². The van der Waals surface area contributed by atoms with E-state index in [1.54, 1.807) is 0 Å². The molecule has 0 aliphatic heterocycles. The summed E-state index contributed by atoms with van der Waals surface area (Å²) in [6, 6.07) is 0. The van der Waals surface area contributed by atoms with Crippen molar-refractivity contribution < 1.29 is 18.1 Å². The molecule has 0 saturated heterocycles. The van der Waals surface area contributed by atoms with Crippen LogP contribution in [0.25, 0.3) is 0 Å². The van der Waals surface area contributed by atoms with E-state index in [0.717, 1.165) is 6.54 Å². The van der Waals surface area contributed by atoms with Crippen LogP contribution in [0.15, 0.2) is 12.7 Å². The molecule has 3 N–H and O–H groups in total. The molecule has 74 valence electrons. The molecule has 12 heavy (non-hydrogen) atoms. The van der Waals surface area contributed by atoms with Crippen molar-refractivity contribution in [2.24, 2.45) is 0 Å². The Hall–Kier alpha value is -0.0100. The van der Waals surface area contributed by atoms with Crippen LogP contribution < -0.4 is 18.1 Å². The molecule has 1 nitrogen and oxygen atoms in total. The van der Waals surface area contributed by atoms with Crippen LogP contribution in [0.1, 0.15) is 44.9 Å². The van der Waals surface area contributed by atoms with Gasteiger partial charge in [-0.3, -0.25) is 0 Å². The van der Waals surface area contributed by atoms with Crippen LogP contribution in [0.4, 0.5) is 0 Å². The highest BCUT2D eigenvalue weighted by atomic mass is 35.5. The molecule has 0 rings (SSSR count). The third kappa shape index (κ3) is 12.6. The zero-order valence-electron chi connectivity index (χ0n) is 8.03. The van der Waals surface area contributed by atoms with Gasteiger partial charge in [0.25, 0.3) is 0 Å². The second-order valence-electron chi connectivity index (χ2n) is 3.05. The predicted molar refractivity (Wildman–Crippen MR) is 50.3 cm³/mol. The molecule has 2 heteroatoms. The Morgan fingerprint density at radius 2 is 1.42 bits per heavy atom. The van der Waals surface area contributed by atoms with E-state index >= 15 is 0 Å². The molecule has 0 aliphatic carbocycles. The van der Waals surface area contributed by atoms with Crippen LogP contribution in [0.2, 0.25) is 0 Å². The number of halogens is 1. The lowest BCUT2D eigenvalue weighted by Gasteiger charge is -1.97. The standard InChI is InChI=1S/C10H21N.ClH/c1-2-3-4-5-6-7-8-9-10-11;/h2H,1,3-11H2;1H. The van der Waals surface area contributed by atoms with Crippen LogP contribution >= 0.6 is 0 Å². The first-order valence-electron chi connectivity index (χ1n) is 4.82. The van der Waals surface area contributed by atoms with Gasteiger partial charge in [0.2, 0.25) is 0 Å². The summed E-state index contributed by atoms with van der Waals surface area (Å²) in [5.41, 5.74) is 3.82. The molecule has 0 aromatic heterocycles. The van der Waals surface area contributed by atoms with Crippen molar-refractivity contribution in [2.75, 3.05) is 6.54 Å². The lowest BCUT2D eigenvalue weighted by atomic mass is 10.1. The highest BCUT2D eigenvalue weighted by molar-refractivity contribution is 4.65. The molecule has 0 aliphatic rings. The van der Waals surface area contributed by atoms with E-state index in [9.17, 15) is 0 Å². The van der Waals surface area contributed by atoms with Gasteiger partial charge in [0.1, 0.15) is 0 Å². The summed E-state index contributed by atoms with van der Waals surface area (Å²) in [6.07, 6.45) is 11.4. The predicted octanol–water partition coefficient (Wildman–Crippen LogP) is -0.851. The van der Waals surface area contributed by atoms with Gasteiger partial charge in [-0.25, -0.2) is 0 Å². The van der Waals surface area contributed by atoms with Crippen molar-refractivity contribution in [1.82, 2.24) is 0 Å². The summed E-state index contributed by atoms with van der Waals surface area (Å²) < 4.78 is 0. The summed E-state index contributed by atoms with van der Waals surface area (Å²) in [5, 5.41) is 0. The first-order chi connectivity index (χ1) is 5.41. The molecule has 0 radical (unpaired) electrons. The Labute approximate surface area is 82.8 Å². The van der Waals surface area contributed by atoms with Gasteiger partial charge >= 0.3 is 0 Å². The maximum absolute atomic E-state index is 3.82. The van der Waals surface area contributed by atoms with Crippen molar-refractivity contribution in [3.8, 4) is 0 Å². The minimum Gasteiger partial charge on any atom is -1.00 e. The molecule has 0 aromatic rings. The van der Waals surface area contributed by atoms with Gasteiger partial charge < -0.3 is 18.1 Å². The molecule has 0 amide bonds. The summed E-state index contributed by atoms with van der Waals surface area (Å²) in [5.74, 6) is 0. The molecule has 0 saturated carbocycles. The molecule has 0 spiro atoms. The second kappa shape index (κ2) is 13.6. The number of allylic oxidation sites excluding steroid dienone is 1. The largest absolute Gasteiger partial charge is 1.00 e. The van der Waals surface area contributed by atoms with Crippen molar-refractivity contribution in [1.29, 1.82) is 0 Å². The van der Waals surface area contributed by atoms with E-state index in [1.165, 1.54) is 44.9 Å². The summed E-state index contributed by atoms with van der Waals surface area (Å²) >= 11 is 0. The smallest absolute Gasteiger partial charge is 0.0739 e. The zero-order valence-corrected chi connectivity index (χ0v) is 8.78. The van der Waals surface area contributed by atoms with Crippen LogP contribution in [0, 0.1) is 0 Å². The average Bonchev–Trinajstić information content (AvgIpc) is 2.03. The number of quaternary nitrogens is 1. The number of rotatable bonds is 8. The summed E-state index contributed by atoms with van der Waals surface area (Å²) in [4.78, 5) is 0. The third-order valence-electron chi connectivity index (χ3n) is 1.91. The molecule has 0 heterocycles. The van der Waals surface area contributed by atoms with Gasteiger partial charge in [-0.05, 0) is 25.7 Å². The second-order valence-corrected chi connectivity index (χ2v) is 3.05. The molecule has 0 atom stereocenters. The van der Waals surface area contributed by atoms with Gasteiger partial charge in [-0.15, -0.1) is 6.58 Å². The van der Waals surface area contributed by atoms with Gasteiger partial charge in [0, 0.05) is 0 Å². The van der Waals surface area contributed by atoms with E-state index < -0.39 is 0 Å². The van der Waals surface area contributed by atoms with Gasteiger partial charge in [0.15, 0.2) is 0 Å². The normalized spacial score (nSPS) is 9.08. The minimum atomic E-state index is 0. The first-order valence-corrected chi connectivity index (χ1v) is 4.82. The van der Waals surface area contributed by atoms with Gasteiger partial charge in [0.05, 0.1) is 6.54 Å². The van der Waals surface area contributed by atoms with Crippen molar-refractivity contribution in [3.63, 3.8) is 0 Å². The molecular formula is C10H22ClN. The fourth-order valence-corrected chi connectivity index (χ4v) is 1.17. The van der Waals surface area contributed by atoms with Crippen molar-refractivity contribution in [2.45, 2.75) is 44.9 Å². The highest BCUT2D eigenvalue weighted by Gasteiger charge is 1.89. The van der Waals surface area contributed by atoms with Crippen LogP contribution in [-0.4, -0.2) is 6.54 Å². The Bertz CT molecular complexity index is 83.9. The van der Waals surface area contributed by atoms with Gasteiger partial charge in [-0.2, -0.15) is 0 Å². The fraction of sp³-hybridized carbons (Fsp3) is 0.800. The molecule has 0 aromatic carbocycles. The van der Waals surface area contributed by atoms with E-state index in [2.05, 4.69) is 12.3 Å². The Kier molecular flexibility index (Phi) is 16.4. The van der Waals surface area contributed by atoms with Crippen molar-refractivity contribution >= 4 is 0 Å². The van der Waals surface area contributed by atoms with Crippen molar-refractivity contribution in [3.05, 3.63) is 12.7 Å². The number of hydrogen-bond donors (Lipinski definition) is 1. The lowest BCUT2D eigenvalue weighted by Crippen LogP contribution is -3.00. The van der Waals surface area contributed by atoms with Crippen LogP contribution in [0.3, 0.4) is 0 Å². The molecule has 0 unspecified atom stereocenters. The third-order valence-corrected chi connectivity index (χ3v) is 1.91. The summed E-state index contributed by atoms with van der Waals surface area (Å²) in [7, 11) is 0. The summed E-state index contributed by atoms with van der Waals surface area (Å²) in [6.45, 7) is 4.80. The molecular weight excluding hydrogens is 170 g/mol. The Morgan fingerprint density at radius 1 is 0.917 bits per heavy atom. The SMILES string of the molecule is C=CCCCCCCCC[NH3+].[Cl-]. The van der Waals surface area contributed by atoms with E-state index in [0.29, 0.717) is 0 Å². The van der Waals surface area contributed by atoms with E-state index in [1.807, 2.05) is 6.08 Å². The fourth-order valence-electron chi connectivity index (χ4n) is 1.17. The maximum atomic E-state index is 3.82. The van der Waals surface area contributed by atoms with Gasteiger partial charge in [-0.1, -0.05) is 25.3 Å². The average molecular weight is 192 g/mol. The monoisotopic (exact) mass is 191 g/mol. The quantitative estimate of drug-likeness (QED) is 0.383. The number of unbranched alkanes of at least 4 members (excludes halogenated alkanes) is 6. The Morgan fingerprint density at radius 3 is 1.92 bits per heavy atom. The van der Waals surface area contributed by atoms with E-state index in [-0.39, 0.29) is 12.4 Å². The number of hydrogen-bond acceptors (Lipinski definition) is 0. The molecule has 0 bridgehead atoms. The topological polar surface area (TPSA) is 27.6 Å². The van der Waals surface area contributed by atoms with Crippen LogP contribution in [-0.2, 0) is 0 Å². The zero-order chi connectivity index (χ0) is 8.36.